The van der Waals surface area contributed by atoms with Gasteiger partial charge in [0.1, 0.15) is 17.5 Å². The first-order valence-electron chi connectivity index (χ1n) is 6.71. The van der Waals surface area contributed by atoms with E-state index in [0.717, 1.165) is 0 Å². The molecule has 13 heteroatoms. The number of nitrogens with zero attached hydrogens (tertiary/aromatic N) is 2. The van der Waals surface area contributed by atoms with Crippen LogP contribution in [0.4, 0.5) is 5.82 Å². The molecule has 1 aliphatic rings. The van der Waals surface area contributed by atoms with Crippen LogP contribution in [0.25, 0.3) is 0 Å². The molecule has 4 atom stereocenters. The fraction of sp³-hybridized carbons (Fsp3) is 0.500. The van der Waals surface area contributed by atoms with Crippen LogP contribution in [0.15, 0.2) is 17.1 Å². The van der Waals surface area contributed by atoms with E-state index in [-0.39, 0.29) is 24.1 Å². The van der Waals surface area contributed by atoms with E-state index in [4.69, 9.17) is 36.0 Å². The monoisotopic (exact) mass is 379 g/mol. The largest absolute Gasteiger partial charge is 0.479 e. The number of aliphatic carboxylic acids is 2. The molecular weight excluding hydrogens is 362 g/mol. The number of aliphatic hydroxyl groups is 3. The summed E-state index contributed by atoms with van der Waals surface area (Å²) in [6.07, 6.45) is -3.35. The van der Waals surface area contributed by atoms with Crippen LogP contribution in [0.1, 0.15) is 6.23 Å². The molecule has 0 aliphatic carbocycles. The molecule has 0 bridgehead atoms. The lowest BCUT2D eigenvalue weighted by molar-refractivity contribution is -0.165. The highest BCUT2D eigenvalue weighted by molar-refractivity contribution is 8.00. The zero-order valence-corrected chi connectivity index (χ0v) is 13.4. The maximum absolute atomic E-state index is 11.4. The van der Waals surface area contributed by atoms with E-state index in [2.05, 4.69) is 4.98 Å². The molecule has 2 heterocycles. The quantitative estimate of drug-likeness (QED) is 0.309. The average molecular weight is 379 g/mol. The van der Waals surface area contributed by atoms with Crippen molar-refractivity contribution in [1.82, 2.24) is 9.55 Å². The van der Waals surface area contributed by atoms with Gasteiger partial charge in [-0.25, -0.2) is 14.4 Å². The van der Waals surface area contributed by atoms with Gasteiger partial charge in [0.15, 0.2) is 12.2 Å². The topological polar surface area (TPSA) is 205 Å². The molecule has 1 fully saturated rings. The Bertz CT molecular complexity index is 649. The van der Waals surface area contributed by atoms with Crippen molar-refractivity contribution in [3.63, 3.8) is 0 Å². The third-order valence-electron chi connectivity index (χ3n) is 2.85. The van der Waals surface area contributed by atoms with Crippen LogP contribution in [0.2, 0.25) is 0 Å². The highest BCUT2D eigenvalue weighted by Gasteiger charge is 2.29. The summed E-state index contributed by atoms with van der Waals surface area (Å²) in [7, 11) is 0. The lowest BCUT2D eigenvalue weighted by Gasteiger charge is -2.13. The summed E-state index contributed by atoms with van der Waals surface area (Å²) in [5, 5.41) is 41.4. The number of aromatic nitrogens is 2. The Labute approximate surface area is 144 Å². The van der Waals surface area contributed by atoms with Gasteiger partial charge in [-0.3, -0.25) is 4.57 Å². The summed E-state index contributed by atoms with van der Waals surface area (Å²) in [6, 6.07) is 1.54. The highest BCUT2D eigenvalue weighted by atomic mass is 32.2. The molecule has 1 aromatic rings. The Balaban J connectivity index is 0.000000275. The van der Waals surface area contributed by atoms with E-state index in [1.54, 1.807) is 12.3 Å². The molecule has 2 rings (SSSR count). The number of rotatable bonds is 5. The maximum Gasteiger partial charge on any atom is 0.351 e. The van der Waals surface area contributed by atoms with Crippen LogP contribution in [0, 0.1) is 0 Å². The minimum atomic E-state index is -2.27. The van der Waals surface area contributed by atoms with E-state index in [0.29, 0.717) is 5.75 Å². The summed E-state index contributed by atoms with van der Waals surface area (Å²) >= 11 is 1.47. The molecule has 0 spiro atoms. The van der Waals surface area contributed by atoms with Crippen LogP contribution in [-0.2, 0) is 14.3 Å². The Kier molecular flexibility index (Phi) is 7.79. The Morgan fingerprint density at radius 3 is 2.32 bits per heavy atom. The summed E-state index contributed by atoms with van der Waals surface area (Å²) in [5.74, 6) is -2.72. The molecule has 1 aliphatic heterocycles. The van der Waals surface area contributed by atoms with Crippen molar-refractivity contribution in [3.8, 4) is 0 Å². The fourth-order valence-corrected chi connectivity index (χ4v) is 2.53. The molecule has 25 heavy (non-hydrogen) atoms. The van der Waals surface area contributed by atoms with Gasteiger partial charge in [0, 0.05) is 11.9 Å². The van der Waals surface area contributed by atoms with Gasteiger partial charge >= 0.3 is 17.6 Å². The first-order valence-corrected chi connectivity index (χ1v) is 7.76. The zero-order valence-electron chi connectivity index (χ0n) is 12.6. The summed E-state index contributed by atoms with van der Waals surface area (Å²) in [5.41, 5.74) is 4.67. The zero-order chi connectivity index (χ0) is 19.1. The fourth-order valence-electron chi connectivity index (χ4n) is 1.60. The second-order valence-electron chi connectivity index (χ2n) is 4.64. The number of anilines is 1. The molecule has 0 saturated carbocycles. The van der Waals surface area contributed by atoms with Crippen LogP contribution < -0.4 is 11.4 Å². The van der Waals surface area contributed by atoms with E-state index in [1.807, 2.05) is 0 Å². The third-order valence-corrected chi connectivity index (χ3v) is 3.96. The van der Waals surface area contributed by atoms with Gasteiger partial charge in [-0.15, -0.1) is 11.8 Å². The van der Waals surface area contributed by atoms with Gasteiger partial charge in [0.2, 0.25) is 0 Å². The van der Waals surface area contributed by atoms with Gasteiger partial charge in [0.25, 0.3) is 0 Å². The second kappa shape index (κ2) is 9.33. The molecule has 0 amide bonds. The summed E-state index contributed by atoms with van der Waals surface area (Å²) in [4.78, 5) is 34.6. The summed E-state index contributed by atoms with van der Waals surface area (Å²) in [6.45, 7) is -0.0572. The second-order valence-corrected chi connectivity index (χ2v) is 5.84. The van der Waals surface area contributed by atoms with E-state index in [9.17, 15) is 14.4 Å². The lowest BCUT2D eigenvalue weighted by atomic mass is 10.2. The van der Waals surface area contributed by atoms with Crippen LogP contribution in [0.5, 0.6) is 0 Å². The smallest absolute Gasteiger partial charge is 0.351 e. The Hall–Kier alpha value is -2.19. The predicted molar refractivity (Wildman–Crippen MR) is 83.6 cm³/mol. The van der Waals surface area contributed by atoms with Crippen LogP contribution in [0.3, 0.4) is 0 Å². The third kappa shape index (κ3) is 5.99. The van der Waals surface area contributed by atoms with Crippen molar-refractivity contribution < 1.29 is 39.9 Å². The van der Waals surface area contributed by atoms with E-state index >= 15 is 0 Å². The van der Waals surface area contributed by atoms with Crippen molar-refractivity contribution in [3.05, 3.63) is 22.7 Å². The molecule has 12 nitrogen and oxygen atoms in total. The van der Waals surface area contributed by atoms with Crippen molar-refractivity contribution in [2.24, 2.45) is 0 Å². The van der Waals surface area contributed by atoms with Crippen LogP contribution in [-0.4, -0.2) is 77.0 Å². The molecular formula is C12H17N3O9S. The first kappa shape index (κ1) is 20.9. The van der Waals surface area contributed by atoms with Gasteiger partial charge in [0.05, 0.1) is 6.61 Å². The molecule has 1 aromatic heterocycles. The number of hydrogen-bond acceptors (Lipinski definition) is 10. The van der Waals surface area contributed by atoms with E-state index in [1.165, 1.54) is 16.3 Å². The lowest BCUT2D eigenvalue weighted by Crippen LogP contribution is -2.39. The SMILES string of the molecule is Nc1ccn([C@@H]2CS[C@H](CO)O2)c(=O)n1.O=C(O)C(O)C(O)C(=O)O. The summed E-state index contributed by atoms with van der Waals surface area (Å²) < 4.78 is 6.79. The molecule has 0 radical (unpaired) electrons. The molecule has 7 N–H and O–H groups in total. The maximum atomic E-state index is 11.4. The molecule has 1 saturated heterocycles. The predicted octanol–water partition coefficient (Wildman–Crippen LogP) is -2.72. The number of hydrogen-bond donors (Lipinski definition) is 6. The standard InChI is InChI=1S/C8H11N3O3S.C4H6O6/c9-5-1-2-11(8(13)10-5)6-4-15-7(3-12)14-6;5-1(3(7)8)2(6)4(9)10/h1-2,6-7,12H,3-4H2,(H2,9,10,13);1-2,5-6H,(H,7,8)(H,9,10)/t6-,7+;/m0./s1. The molecule has 140 valence electrons. The minimum absolute atomic E-state index is 0.0572. The van der Waals surface area contributed by atoms with Gasteiger partial charge < -0.3 is 36.0 Å². The number of nitrogens with two attached hydrogens (primary N) is 1. The molecule has 2 unspecified atom stereocenters. The van der Waals surface area contributed by atoms with Gasteiger partial charge in [-0.05, 0) is 6.07 Å². The number of aliphatic hydroxyl groups excluding tert-OH is 3. The highest BCUT2D eigenvalue weighted by Crippen LogP contribution is 2.30. The van der Waals surface area contributed by atoms with Crippen molar-refractivity contribution in [1.29, 1.82) is 0 Å². The minimum Gasteiger partial charge on any atom is -0.479 e. The Morgan fingerprint density at radius 2 is 1.92 bits per heavy atom. The number of carbonyl (C=O) groups is 2. The number of nitrogen functional groups attached to an aromatic ring is 1. The van der Waals surface area contributed by atoms with Gasteiger partial charge in [-0.2, -0.15) is 4.98 Å². The van der Waals surface area contributed by atoms with Gasteiger partial charge in [-0.1, -0.05) is 0 Å². The van der Waals surface area contributed by atoms with Crippen molar-refractivity contribution in [2.75, 3.05) is 18.1 Å². The van der Waals surface area contributed by atoms with E-state index < -0.39 is 29.8 Å². The number of ether oxygens (including phenoxy) is 1. The number of carboxylic acid groups (broad SMARTS) is 2. The first-order chi connectivity index (χ1) is 11.7. The van der Waals surface area contributed by atoms with Crippen LogP contribution >= 0.6 is 11.8 Å². The average Bonchev–Trinajstić information content (AvgIpc) is 3.02. The Morgan fingerprint density at radius 1 is 1.36 bits per heavy atom. The number of carboxylic acids is 2. The normalized spacial score (nSPS) is 21.7. The van der Waals surface area contributed by atoms with Crippen molar-refractivity contribution >= 4 is 29.5 Å². The number of thioether (sulfide) groups is 1. The van der Waals surface area contributed by atoms with Crippen molar-refractivity contribution in [2.45, 2.75) is 23.9 Å². The molecule has 0 aromatic carbocycles.